The Balaban J connectivity index is 2.63. The summed E-state index contributed by atoms with van der Waals surface area (Å²) >= 11 is 1.38. The Morgan fingerprint density at radius 3 is 2.33 bits per heavy atom. The lowest BCUT2D eigenvalue weighted by molar-refractivity contribution is -0.147. The van der Waals surface area contributed by atoms with E-state index in [1.165, 1.54) is 11.8 Å². The van der Waals surface area contributed by atoms with Crippen LogP contribution in [0.5, 0.6) is 0 Å². The van der Waals surface area contributed by atoms with Gasteiger partial charge >= 0.3 is 5.97 Å². The van der Waals surface area contributed by atoms with Gasteiger partial charge in [0.15, 0.2) is 0 Å². The van der Waals surface area contributed by atoms with Crippen molar-refractivity contribution in [1.29, 1.82) is 0 Å². The van der Waals surface area contributed by atoms with E-state index in [1.807, 2.05) is 13.8 Å². The maximum Gasteiger partial charge on any atom is 0.320 e. The molecule has 0 bridgehead atoms. The maximum atomic E-state index is 10.8. The minimum atomic E-state index is -0.846. The van der Waals surface area contributed by atoms with Gasteiger partial charge in [0.25, 0.3) is 0 Å². The molecule has 0 spiro atoms. The Labute approximate surface area is 75.5 Å². The monoisotopic (exact) mass is 188 g/mol. The second-order valence-corrected chi connectivity index (χ2v) is 5.32. The number of carboxylic acid groups (broad SMARTS) is 1. The zero-order valence-corrected chi connectivity index (χ0v) is 7.98. The highest BCUT2D eigenvalue weighted by atomic mass is 32.2. The van der Waals surface area contributed by atoms with Crippen LogP contribution in [0, 0.1) is 0 Å². The zero-order chi connectivity index (χ0) is 9.35. The van der Waals surface area contributed by atoms with Crippen molar-refractivity contribution in [2.75, 3.05) is 0 Å². The van der Waals surface area contributed by atoms with Gasteiger partial charge in [-0.25, -0.2) is 0 Å². The van der Waals surface area contributed by atoms with Crippen LogP contribution in [-0.2, 0) is 9.59 Å². The van der Waals surface area contributed by atoms with Gasteiger partial charge in [0.05, 0.1) is 0 Å². The van der Waals surface area contributed by atoms with Crippen LogP contribution in [0.1, 0.15) is 26.7 Å². The van der Waals surface area contributed by atoms with Crippen molar-refractivity contribution in [2.45, 2.75) is 36.7 Å². The minimum Gasteiger partial charge on any atom is -0.480 e. The van der Waals surface area contributed by atoms with Crippen molar-refractivity contribution in [3.63, 3.8) is 0 Å². The van der Waals surface area contributed by atoms with Crippen LogP contribution < -0.4 is 0 Å². The number of thioether (sulfide) groups is 1. The van der Waals surface area contributed by atoms with Gasteiger partial charge in [-0.05, 0) is 0 Å². The molecular weight excluding hydrogens is 176 g/mol. The van der Waals surface area contributed by atoms with Crippen molar-refractivity contribution in [1.82, 2.24) is 0 Å². The molecule has 1 rings (SSSR count). The van der Waals surface area contributed by atoms with E-state index in [9.17, 15) is 9.59 Å². The fraction of sp³-hybridized carbons (Fsp3) is 0.750. The van der Waals surface area contributed by atoms with Crippen LogP contribution in [0.3, 0.4) is 0 Å². The van der Waals surface area contributed by atoms with Gasteiger partial charge < -0.3 is 5.11 Å². The third-order valence-corrected chi connectivity index (χ3v) is 3.20. The van der Waals surface area contributed by atoms with Crippen molar-refractivity contribution in [2.24, 2.45) is 0 Å². The number of aliphatic carboxylic acids is 1. The lowest BCUT2D eigenvalue weighted by Gasteiger charge is -2.36. The topological polar surface area (TPSA) is 54.4 Å². The highest BCUT2D eigenvalue weighted by Crippen LogP contribution is 2.43. The second kappa shape index (κ2) is 3.09. The van der Waals surface area contributed by atoms with Crippen molar-refractivity contribution < 1.29 is 14.7 Å². The van der Waals surface area contributed by atoms with Crippen molar-refractivity contribution >= 4 is 23.5 Å². The van der Waals surface area contributed by atoms with Crippen LogP contribution >= 0.6 is 11.8 Å². The molecule has 68 valence electrons. The molecule has 0 aromatic carbocycles. The third-order valence-electron chi connectivity index (χ3n) is 1.82. The van der Waals surface area contributed by atoms with E-state index in [4.69, 9.17) is 5.11 Å². The van der Waals surface area contributed by atoms with E-state index in [0.29, 0.717) is 0 Å². The first-order valence-electron chi connectivity index (χ1n) is 3.89. The Morgan fingerprint density at radius 2 is 2.08 bits per heavy atom. The number of rotatable bonds is 3. The summed E-state index contributed by atoms with van der Waals surface area (Å²) in [5, 5.41) is 9.14. The van der Waals surface area contributed by atoms with E-state index < -0.39 is 10.7 Å². The molecule has 1 N–H and O–H groups in total. The quantitative estimate of drug-likeness (QED) is 0.725. The lowest BCUT2D eigenvalue weighted by atomic mass is 9.83. The maximum absolute atomic E-state index is 10.8. The summed E-state index contributed by atoms with van der Waals surface area (Å²) in [6.07, 6.45) is 0.399. The van der Waals surface area contributed by atoms with E-state index in [2.05, 4.69) is 0 Å². The van der Waals surface area contributed by atoms with Crippen LogP contribution in [0.25, 0.3) is 0 Å². The van der Waals surface area contributed by atoms with Gasteiger partial charge in [-0.15, -0.1) is 11.8 Å². The predicted octanol–water partition coefficient (Wildman–Crippen LogP) is 1.31. The molecular formula is C8H12O3S. The summed E-state index contributed by atoms with van der Waals surface area (Å²) < 4.78 is -0.800. The minimum absolute atomic E-state index is 0.0607. The van der Waals surface area contributed by atoms with Gasteiger partial charge in [0, 0.05) is 18.1 Å². The lowest BCUT2D eigenvalue weighted by Crippen LogP contribution is -2.49. The Hall–Kier alpha value is -0.510. The largest absolute Gasteiger partial charge is 0.480 e. The normalized spacial score (nSPS) is 20.8. The first-order valence-corrected chi connectivity index (χ1v) is 4.77. The molecule has 3 nitrogen and oxygen atoms in total. The Morgan fingerprint density at radius 1 is 1.58 bits per heavy atom. The molecule has 1 aliphatic rings. The molecule has 1 aliphatic carbocycles. The molecule has 0 heterocycles. The van der Waals surface area contributed by atoms with Gasteiger partial charge in [0.2, 0.25) is 0 Å². The molecule has 0 aromatic heterocycles. The number of Topliss-reactive ketones (excluding diaryl/α,β-unsaturated/α-hetero) is 1. The standard InChI is InChI=1S/C8H12O3S/c1-5(2)12-8(7(10)11)3-6(9)4-8/h5H,3-4H2,1-2H3,(H,10,11). The molecule has 0 unspecified atom stereocenters. The van der Waals surface area contributed by atoms with Gasteiger partial charge in [-0.1, -0.05) is 13.8 Å². The van der Waals surface area contributed by atoms with Gasteiger partial charge in [0.1, 0.15) is 10.5 Å². The number of ketones is 1. The fourth-order valence-corrected chi connectivity index (χ4v) is 2.81. The highest BCUT2D eigenvalue weighted by molar-refractivity contribution is 8.02. The zero-order valence-electron chi connectivity index (χ0n) is 7.16. The molecule has 0 atom stereocenters. The van der Waals surface area contributed by atoms with Crippen LogP contribution in [0.2, 0.25) is 0 Å². The van der Waals surface area contributed by atoms with Gasteiger partial charge in [-0.3, -0.25) is 9.59 Å². The first-order chi connectivity index (χ1) is 5.46. The number of hydrogen-bond acceptors (Lipinski definition) is 3. The van der Waals surface area contributed by atoms with Crippen molar-refractivity contribution in [3.05, 3.63) is 0 Å². The van der Waals surface area contributed by atoms with E-state index >= 15 is 0 Å². The van der Waals surface area contributed by atoms with Crippen molar-refractivity contribution in [3.8, 4) is 0 Å². The van der Waals surface area contributed by atoms with Crippen LogP contribution in [0.15, 0.2) is 0 Å². The summed E-state index contributed by atoms with van der Waals surface area (Å²) in [5.41, 5.74) is 0. The number of carboxylic acids is 1. The van der Waals surface area contributed by atoms with Crippen LogP contribution in [0.4, 0.5) is 0 Å². The van der Waals surface area contributed by atoms with Gasteiger partial charge in [-0.2, -0.15) is 0 Å². The Bertz CT molecular complexity index is 214. The van der Waals surface area contributed by atoms with E-state index in [1.54, 1.807) is 0 Å². The average Bonchev–Trinajstić information content (AvgIpc) is 1.81. The molecule has 0 radical (unpaired) electrons. The smallest absolute Gasteiger partial charge is 0.320 e. The summed E-state index contributed by atoms with van der Waals surface area (Å²) in [7, 11) is 0. The van der Waals surface area contributed by atoms with E-state index in [-0.39, 0.29) is 23.9 Å². The molecule has 0 aliphatic heterocycles. The van der Waals surface area contributed by atoms with E-state index in [0.717, 1.165) is 0 Å². The molecule has 12 heavy (non-hydrogen) atoms. The molecule has 4 heteroatoms. The third kappa shape index (κ3) is 1.63. The summed E-state index contributed by atoms with van der Waals surface area (Å²) in [5.74, 6) is -0.786. The second-order valence-electron chi connectivity index (χ2n) is 3.36. The summed E-state index contributed by atoms with van der Waals surface area (Å²) in [6, 6.07) is 0. The number of carbonyl (C=O) groups is 2. The van der Waals surface area contributed by atoms with Crippen LogP contribution in [-0.4, -0.2) is 26.9 Å². The molecule has 0 amide bonds. The summed E-state index contributed by atoms with van der Waals surface area (Å²) in [4.78, 5) is 21.5. The SMILES string of the molecule is CC(C)SC1(C(=O)O)CC(=O)C1. The number of carbonyl (C=O) groups excluding carboxylic acids is 1. The molecule has 1 saturated carbocycles. The fourth-order valence-electron chi connectivity index (χ4n) is 1.32. The molecule has 0 saturated heterocycles. The number of hydrogen-bond donors (Lipinski definition) is 1. The molecule has 1 fully saturated rings. The average molecular weight is 188 g/mol. The first kappa shape index (κ1) is 9.58. The molecule has 0 aromatic rings. The summed E-state index contributed by atoms with van der Waals surface area (Å²) in [6.45, 7) is 3.89. The predicted molar refractivity (Wildman–Crippen MR) is 47.3 cm³/mol. The highest BCUT2D eigenvalue weighted by Gasteiger charge is 2.51. The Kier molecular flexibility index (Phi) is 2.46.